The van der Waals surface area contributed by atoms with Crippen LogP contribution in [-0.2, 0) is 50.6 Å². The Bertz CT molecular complexity index is 1500. The summed E-state index contributed by atoms with van der Waals surface area (Å²) < 4.78 is 30.8. The van der Waals surface area contributed by atoms with Crippen LogP contribution in [0.2, 0.25) is 13.1 Å². The number of amides is 1. The van der Waals surface area contributed by atoms with E-state index in [2.05, 4.69) is 48.6 Å². The minimum atomic E-state index is -1.80. The third-order valence-corrected chi connectivity index (χ3v) is 12.4. The lowest BCUT2D eigenvalue weighted by atomic mass is 9.95. The standard InChI is InChI=1S/C52H85NO9Si/c1-7-8-9-10-11-12-13-14-15-28-37-43(59-45(54)38-29-18-16-22-31-41-33-24-20-25-34-41)50(57)53-47-49(48(56)44(40-58-52(2,3)4)60-51(47)62-63(5)6)61-46(55)39-30-19-17-23-32-42-35-26-21-27-36-42/h20-21,24-27,33-36,43-44,47-49,51,56,63H,7-19,22-23,28-32,37-40H2,1-6H3,(H,53,57)/t43?,44-,47-,48-,49-,51?/m1/s1. The Kier molecular flexibility index (Phi) is 27.3. The van der Waals surface area contributed by atoms with E-state index in [-0.39, 0.29) is 19.4 Å². The molecule has 356 valence electrons. The van der Waals surface area contributed by atoms with Gasteiger partial charge in [0.1, 0.15) is 18.2 Å². The van der Waals surface area contributed by atoms with E-state index in [4.69, 9.17) is 23.4 Å². The highest BCUT2D eigenvalue weighted by atomic mass is 28.3. The molecule has 11 heteroatoms. The number of benzene rings is 2. The summed E-state index contributed by atoms with van der Waals surface area (Å²) in [6, 6.07) is 19.7. The van der Waals surface area contributed by atoms with E-state index in [9.17, 15) is 19.5 Å². The van der Waals surface area contributed by atoms with Crippen LogP contribution in [0.3, 0.4) is 0 Å². The van der Waals surface area contributed by atoms with Crippen molar-refractivity contribution < 1.29 is 42.9 Å². The lowest BCUT2D eigenvalue weighted by Gasteiger charge is -2.45. The molecule has 2 aromatic carbocycles. The predicted octanol–water partition coefficient (Wildman–Crippen LogP) is 10.9. The quantitative estimate of drug-likeness (QED) is 0.0409. The summed E-state index contributed by atoms with van der Waals surface area (Å²) in [5, 5.41) is 14.8. The summed E-state index contributed by atoms with van der Waals surface area (Å²) in [6.45, 7) is 12.0. The number of aliphatic hydroxyl groups is 1. The maximum absolute atomic E-state index is 14.3. The second kappa shape index (κ2) is 31.7. The molecule has 0 radical (unpaired) electrons. The maximum Gasteiger partial charge on any atom is 0.306 e. The fourth-order valence-electron chi connectivity index (χ4n) is 8.00. The summed E-state index contributed by atoms with van der Waals surface area (Å²) in [7, 11) is -1.80. The summed E-state index contributed by atoms with van der Waals surface area (Å²) in [6.07, 6.45) is 15.9. The average Bonchev–Trinajstić information content (AvgIpc) is 3.25. The van der Waals surface area contributed by atoms with E-state index in [0.29, 0.717) is 19.3 Å². The fourth-order valence-corrected chi connectivity index (χ4v) is 8.77. The van der Waals surface area contributed by atoms with Gasteiger partial charge in [0, 0.05) is 12.8 Å². The highest BCUT2D eigenvalue weighted by molar-refractivity contribution is 6.48. The van der Waals surface area contributed by atoms with Gasteiger partial charge in [0.15, 0.2) is 27.5 Å². The van der Waals surface area contributed by atoms with E-state index in [1.807, 2.05) is 58.1 Å². The zero-order valence-electron chi connectivity index (χ0n) is 40.0. The average molecular weight is 896 g/mol. The highest BCUT2D eigenvalue weighted by Crippen LogP contribution is 2.28. The molecule has 1 fully saturated rings. The SMILES string of the molecule is CCCCCCCCCCCCC(OC(=O)CCCCCCc1ccccc1)C(=O)N[C@H]1C(O[SiH](C)C)O[C@H](COC(C)(C)C)[C@@H](O)[C@@H]1OC(=O)CCCCCCc1ccccc1. The number of hydrogen-bond donors (Lipinski definition) is 2. The minimum absolute atomic E-state index is 0.0333. The molecule has 0 bridgehead atoms. The molecule has 1 saturated heterocycles. The lowest BCUT2D eigenvalue weighted by Crippen LogP contribution is -2.67. The first-order chi connectivity index (χ1) is 30.4. The molecule has 1 heterocycles. The molecule has 2 aromatic rings. The summed E-state index contributed by atoms with van der Waals surface area (Å²) in [4.78, 5) is 41.2. The molecule has 10 nitrogen and oxygen atoms in total. The van der Waals surface area contributed by atoms with E-state index >= 15 is 0 Å². The zero-order chi connectivity index (χ0) is 45.7. The number of nitrogens with one attached hydrogen (secondary N) is 1. The first-order valence-corrected chi connectivity index (χ1v) is 27.5. The van der Waals surface area contributed by atoms with Crippen molar-refractivity contribution in [2.24, 2.45) is 0 Å². The second-order valence-electron chi connectivity index (χ2n) is 18.9. The van der Waals surface area contributed by atoms with Gasteiger partial charge in [-0.3, -0.25) is 14.4 Å². The van der Waals surface area contributed by atoms with Crippen LogP contribution in [0.15, 0.2) is 60.7 Å². The van der Waals surface area contributed by atoms with Gasteiger partial charge in [-0.05, 0) is 96.4 Å². The Morgan fingerprint density at radius 2 is 1.19 bits per heavy atom. The molecule has 6 atom stereocenters. The number of hydrogen-bond acceptors (Lipinski definition) is 9. The van der Waals surface area contributed by atoms with Gasteiger partial charge in [-0.15, -0.1) is 0 Å². The van der Waals surface area contributed by atoms with Crippen LogP contribution in [-0.4, -0.2) is 80.9 Å². The third kappa shape index (κ3) is 24.1. The van der Waals surface area contributed by atoms with E-state index < -0.39 is 69.2 Å². The number of aryl methyl sites for hydroxylation is 2. The Labute approximate surface area is 383 Å². The molecule has 1 amide bonds. The van der Waals surface area contributed by atoms with Crippen molar-refractivity contribution in [1.29, 1.82) is 0 Å². The van der Waals surface area contributed by atoms with Crippen LogP contribution in [0.4, 0.5) is 0 Å². The molecule has 0 spiro atoms. The minimum Gasteiger partial charge on any atom is -0.457 e. The van der Waals surface area contributed by atoms with Gasteiger partial charge in [-0.25, -0.2) is 0 Å². The summed E-state index contributed by atoms with van der Waals surface area (Å²) in [5.74, 6) is -1.37. The monoisotopic (exact) mass is 896 g/mol. The number of unbranched alkanes of at least 4 members (excludes halogenated alkanes) is 15. The smallest absolute Gasteiger partial charge is 0.306 e. The predicted molar refractivity (Wildman–Crippen MR) is 255 cm³/mol. The van der Waals surface area contributed by atoms with Crippen molar-refractivity contribution in [3.8, 4) is 0 Å². The van der Waals surface area contributed by atoms with Crippen LogP contribution in [0, 0.1) is 0 Å². The third-order valence-electron chi connectivity index (χ3n) is 11.6. The van der Waals surface area contributed by atoms with Crippen LogP contribution in [0.25, 0.3) is 0 Å². The lowest BCUT2D eigenvalue weighted by molar-refractivity contribution is -0.259. The van der Waals surface area contributed by atoms with Gasteiger partial charge in [0.05, 0.1) is 12.2 Å². The molecule has 1 aliphatic rings. The number of carbonyl (C=O) groups excluding carboxylic acids is 3. The summed E-state index contributed by atoms with van der Waals surface area (Å²) in [5.41, 5.74) is 2.10. The molecule has 1 aliphatic heterocycles. The molecule has 2 unspecified atom stereocenters. The Balaban J connectivity index is 1.68. The fraction of sp³-hybridized carbons (Fsp3) is 0.712. The molecule has 3 rings (SSSR count). The van der Waals surface area contributed by atoms with E-state index in [0.717, 1.165) is 77.0 Å². The highest BCUT2D eigenvalue weighted by Gasteiger charge is 2.50. The largest absolute Gasteiger partial charge is 0.457 e. The van der Waals surface area contributed by atoms with Gasteiger partial charge in [-0.1, -0.05) is 151 Å². The van der Waals surface area contributed by atoms with Crippen molar-refractivity contribution in [3.63, 3.8) is 0 Å². The van der Waals surface area contributed by atoms with Crippen LogP contribution in [0.5, 0.6) is 0 Å². The van der Waals surface area contributed by atoms with Crippen molar-refractivity contribution in [2.75, 3.05) is 6.61 Å². The van der Waals surface area contributed by atoms with E-state index in [1.54, 1.807) is 0 Å². The van der Waals surface area contributed by atoms with Gasteiger partial charge < -0.3 is 33.8 Å². The van der Waals surface area contributed by atoms with Gasteiger partial charge in [0.25, 0.3) is 5.91 Å². The Morgan fingerprint density at radius 1 is 0.698 bits per heavy atom. The normalized spacial score (nSPS) is 19.5. The molecular weight excluding hydrogens is 811 g/mol. The Hall–Kier alpha value is -3.09. The van der Waals surface area contributed by atoms with Crippen LogP contribution in [0.1, 0.15) is 174 Å². The Morgan fingerprint density at radius 3 is 1.71 bits per heavy atom. The number of rotatable bonds is 33. The number of esters is 2. The maximum atomic E-state index is 14.3. The van der Waals surface area contributed by atoms with Crippen molar-refractivity contribution in [2.45, 2.75) is 231 Å². The van der Waals surface area contributed by atoms with Crippen molar-refractivity contribution in [1.82, 2.24) is 5.32 Å². The zero-order valence-corrected chi connectivity index (χ0v) is 41.2. The number of carbonyl (C=O) groups is 3. The molecule has 0 aromatic heterocycles. The number of ether oxygens (including phenoxy) is 4. The topological polar surface area (TPSA) is 130 Å². The van der Waals surface area contributed by atoms with Gasteiger partial charge in [0.2, 0.25) is 0 Å². The molecule has 0 aliphatic carbocycles. The first-order valence-electron chi connectivity index (χ1n) is 24.8. The van der Waals surface area contributed by atoms with Crippen molar-refractivity contribution in [3.05, 3.63) is 71.8 Å². The van der Waals surface area contributed by atoms with Crippen molar-refractivity contribution >= 4 is 26.9 Å². The summed E-state index contributed by atoms with van der Waals surface area (Å²) >= 11 is 0. The molecule has 63 heavy (non-hydrogen) atoms. The van der Waals surface area contributed by atoms with Gasteiger partial charge in [-0.2, -0.15) is 0 Å². The second-order valence-corrected chi connectivity index (χ2v) is 21.2. The molecular formula is C52H85NO9Si. The van der Waals surface area contributed by atoms with Crippen LogP contribution >= 0.6 is 0 Å². The molecule has 2 N–H and O–H groups in total. The van der Waals surface area contributed by atoms with Gasteiger partial charge >= 0.3 is 11.9 Å². The first kappa shape index (κ1) is 54.2. The van der Waals surface area contributed by atoms with E-state index in [1.165, 1.54) is 49.7 Å². The van der Waals surface area contributed by atoms with Crippen LogP contribution < -0.4 is 5.32 Å². The number of aliphatic hydroxyl groups excluding tert-OH is 1. The molecule has 0 saturated carbocycles.